The van der Waals surface area contributed by atoms with Gasteiger partial charge in [-0.3, -0.25) is 14.5 Å². The molecule has 0 atom stereocenters. The fourth-order valence-electron chi connectivity index (χ4n) is 3.24. The number of carbonyl (C=O) groups excluding carboxylic acids is 2. The number of aliphatic imine (C=N–C) groups is 1. The van der Waals surface area contributed by atoms with Crippen molar-refractivity contribution in [1.82, 2.24) is 4.98 Å². The van der Waals surface area contributed by atoms with Crippen molar-refractivity contribution in [3.63, 3.8) is 0 Å². The highest BCUT2D eigenvalue weighted by Gasteiger charge is 2.27. The smallest absolute Gasteiger partial charge is 0.244 e. The number of hydrogen-bond acceptors (Lipinski definition) is 5. The lowest BCUT2D eigenvalue weighted by molar-refractivity contribution is -0.120. The zero-order valence-corrected chi connectivity index (χ0v) is 17.5. The van der Waals surface area contributed by atoms with Crippen LogP contribution in [0.4, 0.5) is 17.2 Å². The molecule has 2 amide bonds. The number of benzene rings is 2. The number of nitrogens with one attached hydrogen (secondary N) is 1. The van der Waals surface area contributed by atoms with Crippen LogP contribution in [0, 0.1) is 0 Å². The summed E-state index contributed by atoms with van der Waals surface area (Å²) < 4.78 is 5.12. The largest absolute Gasteiger partial charge is 0.497 e. The number of hydrogen-bond donors (Lipinski definition) is 1. The van der Waals surface area contributed by atoms with Gasteiger partial charge in [0.15, 0.2) is 5.82 Å². The second kappa shape index (κ2) is 8.97. The monoisotopic (exact) mass is 434 g/mol. The Bertz CT molecular complexity index is 1160. The van der Waals surface area contributed by atoms with Crippen LogP contribution in [-0.2, 0) is 9.59 Å². The third kappa shape index (κ3) is 4.73. The van der Waals surface area contributed by atoms with Crippen molar-refractivity contribution < 1.29 is 14.3 Å². The Morgan fingerprint density at radius 2 is 1.97 bits per heavy atom. The second-order valence-electron chi connectivity index (χ2n) is 6.85. The van der Waals surface area contributed by atoms with Crippen molar-refractivity contribution in [1.29, 1.82) is 0 Å². The standard InChI is InChI=1S/C23H19ClN4O3/c1-31-18-9-7-17(8-10-18)26-21(29)14-28-22(30)13-20(15-4-2-5-16(24)12-15)27-19-6-3-11-25-23(19)28/h2-12H,13-14H2,1H3,(H,26,29). The zero-order valence-electron chi connectivity index (χ0n) is 16.7. The van der Waals surface area contributed by atoms with Gasteiger partial charge in [0.2, 0.25) is 11.8 Å². The first-order valence-electron chi connectivity index (χ1n) is 9.56. The number of ether oxygens (including phenoxy) is 1. The first-order valence-corrected chi connectivity index (χ1v) is 9.94. The van der Waals surface area contributed by atoms with E-state index in [9.17, 15) is 9.59 Å². The van der Waals surface area contributed by atoms with Gasteiger partial charge in [-0.25, -0.2) is 9.98 Å². The molecule has 0 fully saturated rings. The molecule has 1 N–H and O–H groups in total. The van der Waals surface area contributed by atoms with Crippen LogP contribution < -0.4 is 15.0 Å². The molecule has 2 heterocycles. The van der Waals surface area contributed by atoms with Gasteiger partial charge in [0, 0.05) is 16.9 Å². The molecular formula is C23H19ClN4O3. The Kier molecular flexibility index (Phi) is 5.95. The molecule has 4 rings (SSSR count). The maximum absolute atomic E-state index is 13.1. The minimum absolute atomic E-state index is 0.0204. The molecule has 0 saturated carbocycles. The summed E-state index contributed by atoms with van der Waals surface area (Å²) >= 11 is 6.11. The van der Waals surface area contributed by atoms with Crippen molar-refractivity contribution in [3.05, 3.63) is 77.4 Å². The lowest BCUT2D eigenvalue weighted by Crippen LogP contribution is -2.38. The van der Waals surface area contributed by atoms with Crippen LogP contribution in [0.15, 0.2) is 71.9 Å². The van der Waals surface area contributed by atoms with Crippen molar-refractivity contribution in [2.24, 2.45) is 4.99 Å². The van der Waals surface area contributed by atoms with E-state index in [1.807, 2.05) is 6.07 Å². The van der Waals surface area contributed by atoms with Crippen LogP contribution in [-0.4, -0.2) is 36.2 Å². The minimum Gasteiger partial charge on any atom is -0.497 e. The maximum Gasteiger partial charge on any atom is 0.244 e. The molecule has 0 aliphatic carbocycles. The molecule has 0 spiro atoms. The number of rotatable bonds is 5. The number of methoxy groups -OCH3 is 1. The first-order chi connectivity index (χ1) is 15.0. The molecule has 1 aliphatic rings. The molecule has 1 aliphatic heterocycles. The minimum atomic E-state index is -0.346. The summed E-state index contributed by atoms with van der Waals surface area (Å²) in [5.74, 6) is 0.404. The van der Waals surface area contributed by atoms with Crippen LogP contribution in [0.5, 0.6) is 5.75 Å². The Morgan fingerprint density at radius 3 is 2.71 bits per heavy atom. The number of nitrogens with zero attached hydrogens (tertiary/aromatic N) is 3. The first kappa shape index (κ1) is 20.6. The Balaban J connectivity index is 1.58. The number of halogens is 1. The fourth-order valence-corrected chi connectivity index (χ4v) is 3.43. The summed E-state index contributed by atoms with van der Waals surface area (Å²) in [6.07, 6.45) is 1.59. The second-order valence-corrected chi connectivity index (χ2v) is 7.28. The third-order valence-electron chi connectivity index (χ3n) is 4.73. The van der Waals surface area contributed by atoms with Crippen LogP contribution in [0.25, 0.3) is 0 Å². The quantitative estimate of drug-likeness (QED) is 0.651. The number of fused-ring (bicyclic) bond motifs is 1. The van der Waals surface area contributed by atoms with Gasteiger partial charge in [-0.15, -0.1) is 0 Å². The predicted molar refractivity (Wildman–Crippen MR) is 120 cm³/mol. The van der Waals surface area contributed by atoms with E-state index in [-0.39, 0.29) is 24.8 Å². The average Bonchev–Trinajstić information content (AvgIpc) is 2.91. The summed E-state index contributed by atoms with van der Waals surface area (Å²) in [6, 6.07) is 17.6. The van der Waals surface area contributed by atoms with E-state index in [0.717, 1.165) is 5.56 Å². The van der Waals surface area contributed by atoms with E-state index in [4.69, 9.17) is 16.3 Å². The summed E-state index contributed by atoms with van der Waals surface area (Å²) in [5.41, 5.74) is 2.44. The van der Waals surface area contributed by atoms with Gasteiger partial charge < -0.3 is 10.1 Å². The molecule has 0 unspecified atom stereocenters. The molecule has 8 heteroatoms. The van der Waals surface area contributed by atoms with Crippen LogP contribution in [0.2, 0.25) is 5.02 Å². The van der Waals surface area contributed by atoms with Crippen molar-refractivity contribution in [2.45, 2.75) is 6.42 Å². The van der Waals surface area contributed by atoms with E-state index in [1.54, 1.807) is 67.9 Å². The van der Waals surface area contributed by atoms with Gasteiger partial charge in [0.25, 0.3) is 0 Å². The highest BCUT2D eigenvalue weighted by Crippen LogP contribution is 2.31. The maximum atomic E-state index is 13.1. The summed E-state index contributed by atoms with van der Waals surface area (Å²) in [7, 11) is 1.57. The molecule has 0 bridgehead atoms. The molecule has 2 aromatic carbocycles. The Morgan fingerprint density at radius 1 is 1.16 bits per heavy atom. The number of amides is 2. The zero-order chi connectivity index (χ0) is 21.8. The molecule has 0 radical (unpaired) electrons. The van der Waals surface area contributed by atoms with Gasteiger partial charge in [-0.2, -0.15) is 0 Å². The topological polar surface area (TPSA) is 83.9 Å². The lowest BCUT2D eigenvalue weighted by atomic mass is 10.1. The fraction of sp³-hybridized carbons (Fsp3) is 0.130. The molecule has 7 nitrogen and oxygen atoms in total. The predicted octanol–water partition coefficient (Wildman–Crippen LogP) is 4.24. The van der Waals surface area contributed by atoms with E-state index >= 15 is 0 Å². The van der Waals surface area contributed by atoms with E-state index < -0.39 is 0 Å². The van der Waals surface area contributed by atoms with E-state index in [0.29, 0.717) is 33.7 Å². The molecule has 0 saturated heterocycles. The van der Waals surface area contributed by atoms with Crippen LogP contribution in [0.3, 0.4) is 0 Å². The van der Waals surface area contributed by atoms with Gasteiger partial charge in [0.1, 0.15) is 18.0 Å². The highest BCUT2D eigenvalue weighted by molar-refractivity contribution is 6.31. The van der Waals surface area contributed by atoms with Crippen molar-refractivity contribution in [2.75, 3.05) is 23.9 Å². The molecule has 1 aromatic heterocycles. The SMILES string of the molecule is COc1ccc(NC(=O)CN2C(=O)CC(c3cccc(Cl)c3)=Nc3cccnc32)cc1. The van der Waals surface area contributed by atoms with Gasteiger partial charge in [-0.1, -0.05) is 23.7 Å². The summed E-state index contributed by atoms with van der Waals surface area (Å²) in [6.45, 7) is -0.187. The molecule has 156 valence electrons. The molecule has 3 aromatic rings. The Labute approximate surface area is 184 Å². The normalized spacial score (nSPS) is 13.2. The Hall–Kier alpha value is -3.71. The number of pyridine rings is 1. The highest BCUT2D eigenvalue weighted by atomic mass is 35.5. The number of aromatic nitrogens is 1. The van der Waals surface area contributed by atoms with Crippen molar-refractivity contribution >= 4 is 46.3 Å². The third-order valence-corrected chi connectivity index (χ3v) is 4.97. The summed E-state index contributed by atoms with van der Waals surface area (Å²) in [5, 5.41) is 3.35. The number of carbonyl (C=O) groups is 2. The molecular weight excluding hydrogens is 416 g/mol. The van der Waals surface area contributed by atoms with Gasteiger partial charge in [0.05, 0.1) is 19.2 Å². The average molecular weight is 435 g/mol. The van der Waals surface area contributed by atoms with Crippen LogP contribution >= 0.6 is 11.6 Å². The lowest BCUT2D eigenvalue weighted by Gasteiger charge is -2.20. The van der Waals surface area contributed by atoms with Crippen LogP contribution in [0.1, 0.15) is 12.0 Å². The number of anilines is 2. The molecule has 31 heavy (non-hydrogen) atoms. The van der Waals surface area contributed by atoms with Gasteiger partial charge in [-0.05, 0) is 54.1 Å². The summed E-state index contributed by atoms with van der Waals surface area (Å²) in [4.78, 5) is 36.1. The van der Waals surface area contributed by atoms with E-state index in [2.05, 4.69) is 15.3 Å². The van der Waals surface area contributed by atoms with E-state index in [1.165, 1.54) is 4.90 Å². The van der Waals surface area contributed by atoms with Gasteiger partial charge >= 0.3 is 0 Å². The van der Waals surface area contributed by atoms with Crippen molar-refractivity contribution in [3.8, 4) is 5.75 Å².